The van der Waals surface area contributed by atoms with Crippen LogP contribution >= 0.6 is 0 Å². The zero-order valence-electron chi connectivity index (χ0n) is 13.7. The summed E-state index contributed by atoms with van der Waals surface area (Å²) < 4.78 is 9.82. The van der Waals surface area contributed by atoms with E-state index >= 15 is 0 Å². The molecule has 1 atom stereocenters. The first-order valence-electron chi connectivity index (χ1n) is 7.14. The highest BCUT2D eigenvalue weighted by Crippen LogP contribution is 2.09. The Morgan fingerprint density at radius 1 is 1.22 bits per heavy atom. The maximum atomic E-state index is 11.8. The third kappa shape index (κ3) is 6.71. The summed E-state index contributed by atoms with van der Waals surface area (Å²) in [5, 5.41) is 20.6. The van der Waals surface area contributed by atoms with Crippen molar-refractivity contribution in [2.75, 3.05) is 7.11 Å². The van der Waals surface area contributed by atoms with Gasteiger partial charge < -0.3 is 24.8 Å². The van der Waals surface area contributed by atoms with E-state index in [2.05, 4.69) is 10.1 Å². The molecule has 0 spiro atoms. The lowest BCUT2D eigenvalue weighted by molar-refractivity contribution is -0.143. The summed E-state index contributed by atoms with van der Waals surface area (Å²) in [6, 6.07) is 5.44. The minimum atomic E-state index is -1.56. The van der Waals surface area contributed by atoms with E-state index in [0.29, 0.717) is 5.46 Å². The van der Waals surface area contributed by atoms with Gasteiger partial charge in [0, 0.05) is 6.42 Å². The number of rotatable bonds is 5. The molecule has 0 aliphatic carbocycles. The van der Waals surface area contributed by atoms with Crippen LogP contribution < -0.4 is 10.8 Å². The number of amides is 1. The molecule has 1 aromatic rings. The van der Waals surface area contributed by atoms with Gasteiger partial charge in [-0.2, -0.15) is 0 Å². The second-order valence-corrected chi connectivity index (χ2v) is 6.04. The number of hydrogen-bond acceptors (Lipinski definition) is 6. The topological polar surface area (TPSA) is 105 Å². The van der Waals surface area contributed by atoms with Crippen molar-refractivity contribution in [2.24, 2.45) is 0 Å². The van der Waals surface area contributed by atoms with Crippen LogP contribution in [-0.4, -0.2) is 48.0 Å². The number of nitrogens with one attached hydrogen (secondary N) is 1. The lowest BCUT2D eigenvalue weighted by atomic mass is 9.80. The third-order valence-corrected chi connectivity index (χ3v) is 2.89. The average molecular weight is 323 g/mol. The molecule has 0 bridgehead atoms. The number of carbonyl (C=O) groups excluding carboxylic acids is 2. The second-order valence-electron chi connectivity index (χ2n) is 6.04. The van der Waals surface area contributed by atoms with E-state index in [1.54, 1.807) is 32.9 Å². The van der Waals surface area contributed by atoms with E-state index < -0.39 is 30.8 Å². The van der Waals surface area contributed by atoms with E-state index in [-0.39, 0.29) is 6.42 Å². The summed E-state index contributed by atoms with van der Waals surface area (Å²) in [5.74, 6) is -0.595. The van der Waals surface area contributed by atoms with E-state index in [1.165, 1.54) is 19.2 Å². The summed E-state index contributed by atoms with van der Waals surface area (Å²) in [6.07, 6.45) is -0.524. The van der Waals surface area contributed by atoms with Crippen molar-refractivity contribution in [2.45, 2.75) is 38.8 Å². The predicted molar refractivity (Wildman–Crippen MR) is 85.1 cm³/mol. The van der Waals surface area contributed by atoms with Gasteiger partial charge in [-0.3, -0.25) is 0 Å². The van der Waals surface area contributed by atoms with Gasteiger partial charge in [-0.25, -0.2) is 9.59 Å². The maximum Gasteiger partial charge on any atom is 0.488 e. The summed E-state index contributed by atoms with van der Waals surface area (Å²) in [5.41, 5.74) is 0.383. The van der Waals surface area contributed by atoms with Crippen LogP contribution in [0.5, 0.6) is 0 Å². The number of methoxy groups -OCH3 is 1. The van der Waals surface area contributed by atoms with Crippen molar-refractivity contribution < 1.29 is 29.1 Å². The van der Waals surface area contributed by atoms with Gasteiger partial charge in [0.25, 0.3) is 0 Å². The van der Waals surface area contributed by atoms with Crippen molar-refractivity contribution in [3.63, 3.8) is 0 Å². The number of esters is 1. The first-order valence-corrected chi connectivity index (χ1v) is 7.14. The molecular weight excluding hydrogens is 301 g/mol. The summed E-state index contributed by atoms with van der Waals surface area (Å²) in [6.45, 7) is 5.16. The molecule has 126 valence electrons. The first-order chi connectivity index (χ1) is 10.6. The van der Waals surface area contributed by atoms with Crippen LogP contribution in [0.1, 0.15) is 26.3 Å². The highest BCUT2D eigenvalue weighted by molar-refractivity contribution is 6.58. The molecule has 1 unspecified atom stereocenters. The van der Waals surface area contributed by atoms with Crippen molar-refractivity contribution in [3.05, 3.63) is 29.8 Å². The van der Waals surface area contributed by atoms with Crippen LogP contribution in [0.15, 0.2) is 24.3 Å². The Morgan fingerprint density at radius 3 is 2.22 bits per heavy atom. The molecule has 0 fully saturated rings. The van der Waals surface area contributed by atoms with Gasteiger partial charge in [0.15, 0.2) is 0 Å². The third-order valence-electron chi connectivity index (χ3n) is 2.89. The van der Waals surface area contributed by atoms with Gasteiger partial charge >= 0.3 is 19.2 Å². The molecule has 1 aromatic carbocycles. The summed E-state index contributed by atoms with van der Waals surface area (Å²) >= 11 is 0. The molecule has 0 saturated carbocycles. The Balaban J connectivity index is 2.78. The summed E-state index contributed by atoms with van der Waals surface area (Å²) in [4.78, 5) is 23.6. The summed E-state index contributed by atoms with van der Waals surface area (Å²) in [7, 11) is -0.322. The van der Waals surface area contributed by atoms with Crippen LogP contribution in [0, 0.1) is 0 Å². The normalized spacial score (nSPS) is 12.3. The molecule has 7 nitrogen and oxygen atoms in total. The quantitative estimate of drug-likeness (QED) is 0.519. The fraction of sp³-hybridized carbons (Fsp3) is 0.467. The second kappa shape index (κ2) is 7.98. The van der Waals surface area contributed by atoms with E-state index in [4.69, 9.17) is 14.8 Å². The molecule has 0 saturated heterocycles. The average Bonchev–Trinajstić information content (AvgIpc) is 2.44. The zero-order valence-corrected chi connectivity index (χ0v) is 13.7. The Morgan fingerprint density at radius 2 is 1.78 bits per heavy atom. The highest BCUT2D eigenvalue weighted by Gasteiger charge is 2.25. The smallest absolute Gasteiger partial charge is 0.467 e. The van der Waals surface area contributed by atoms with Crippen molar-refractivity contribution >= 4 is 24.6 Å². The Hall–Kier alpha value is -2.06. The molecule has 23 heavy (non-hydrogen) atoms. The van der Waals surface area contributed by atoms with Gasteiger partial charge in [-0.15, -0.1) is 0 Å². The molecular formula is C15H22BNO6. The fourth-order valence-electron chi connectivity index (χ4n) is 1.85. The number of alkyl carbamates (subject to hydrolysis) is 1. The molecule has 3 N–H and O–H groups in total. The van der Waals surface area contributed by atoms with Crippen LogP contribution in [0.4, 0.5) is 4.79 Å². The lowest BCUT2D eigenvalue weighted by Crippen LogP contribution is -2.45. The van der Waals surface area contributed by atoms with Crippen LogP contribution in [-0.2, 0) is 20.7 Å². The van der Waals surface area contributed by atoms with Crippen LogP contribution in [0.3, 0.4) is 0 Å². The largest absolute Gasteiger partial charge is 0.488 e. The van der Waals surface area contributed by atoms with E-state index in [1.807, 2.05) is 0 Å². The van der Waals surface area contributed by atoms with Gasteiger partial charge in [0.1, 0.15) is 11.6 Å². The lowest BCUT2D eigenvalue weighted by Gasteiger charge is -2.22. The van der Waals surface area contributed by atoms with Gasteiger partial charge in [0.05, 0.1) is 7.11 Å². The number of benzene rings is 1. The number of hydrogen-bond donors (Lipinski definition) is 3. The molecule has 8 heteroatoms. The zero-order chi connectivity index (χ0) is 17.6. The van der Waals surface area contributed by atoms with Gasteiger partial charge in [-0.05, 0) is 31.8 Å². The van der Waals surface area contributed by atoms with Crippen molar-refractivity contribution in [1.29, 1.82) is 0 Å². The van der Waals surface area contributed by atoms with E-state index in [0.717, 1.165) is 5.56 Å². The number of ether oxygens (including phenoxy) is 2. The van der Waals surface area contributed by atoms with Crippen LogP contribution in [0.25, 0.3) is 0 Å². The predicted octanol–water partition coefficient (Wildman–Crippen LogP) is -0.0248. The van der Waals surface area contributed by atoms with Crippen LogP contribution in [0.2, 0.25) is 0 Å². The first kappa shape index (κ1) is 19.0. The monoisotopic (exact) mass is 323 g/mol. The van der Waals surface area contributed by atoms with Gasteiger partial charge in [0.2, 0.25) is 0 Å². The minimum absolute atomic E-state index is 0.188. The fourth-order valence-corrected chi connectivity index (χ4v) is 1.85. The van der Waals surface area contributed by atoms with Crippen molar-refractivity contribution in [1.82, 2.24) is 5.32 Å². The Labute approximate surface area is 135 Å². The maximum absolute atomic E-state index is 11.8. The Bertz CT molecular complexity index is 538. The SMILES string of the molecule is COC(=O)C(Cc1ccc(B(O)O)cc1)NC(=O)OC(C)(C)C. The molecule has 0 aliphatic rings. The van der Waals surface area contributed by atoms with Gasteiger partial charge in [-0.1, -0.05) is 24.3 Å². The van der Waals surface area contributed by atoms with Crippen molar-refractivity contribution in [3.8, 4) is 0 Å². The molecule has 0 radical (unpaired) electrons. The molecule has 0 aliphatic heterocycles. The molecule has 0 aromatic heterocycles. The minimum Gasteiger partial charge on any atom is -0.467 e. The molecule has 1 amide bonds. The molecule has 1 rings (SSSR count). The number of carbonyl (C=O) groups is 2. The Kier molecular flexibility index (Phi) is 6.59. The van der Waals surface area contributed by atoms with E-state index in [9.17, 15) is 9.59 Å². The highest BCUT2D eigenvalue weighted by atomic mass is 16.6. The standard InChI is InChI=1S/C15H22BNO6/c1-15(2,3)23-14(19)17-12(13(18)22-4)9-10-5-7-11(8-6-10)16(20)21/h5-8,12,20-21H,9H2,1-4H3,(H,17,19). The molecule has 0 heterocycles.